The van der Waals surface area contributed by atoms with Crippen molar-refractivity contribution in [2.45, 2.75) is 19.9 Å². The second kappa shape index (κ2) is 5.67. The van der Waals surface area contributed by atoms with Gasteiger partial charge in [0.25, 0.3) is 5.91 Å². The van der Waals surface area contributed by atoms with E-state index in [9.17, 15) is 9.59 Å². The fraction of sp³-hybridized carbons (Fsp3) is 0.294. The lowest BCUT2D eigenvalue weighted by Gasteiger charge is -2.09. The topological polar surface area (TPSA) is 60.3 Å². The molecule has 0 spiro atoms. The lowest BCUT2D eigenvalue weighted by atomic mass is 10.1. The van der Waals surface area contributed by atoms with Gasteiger partial charge in [-0.3, -0.25) is 9.59 Å². The van der Waals surface area contributed by atoms with Gasteiger partial charge in [0.15, 0.2) is 5.43 Å². The van der Waals surface area contributed by atoms with E-state index in [0.717, 1.165) is 29.0 Å². The van der Waals surface area contributed by atoms with Gasteiger partial charge in [-0.2, -0.15) is 0 Å². The highest BCUT2D eigenvalue weighted by atomic mass is 16.5. The maximum absolute atomic E-state index is 12.2. The number of amides is 1. The van der Waals surface area contributed by atoms with Crippen LogP contribution in [0.4, 0.5) is 0 Å². The average molecular weight is 298 g/mol. The Balaban J connectivity index is 1.73. The molecule has 1 aromatic carbocycles. The molecule has 0 saturated heterocycles. The molecule has 1 aliphatic heterocycles. The number of nitrogens with zero attached hydrogens (tertiary/aromatic N) is 1. The summed E-state index contributed by atoms with van der Waals surface area (Å²) >= 11 is 0. The van der Waals surface area contributed by atoms with Crippen LogP contribution in [0.2, 0.25) is 0 Å². The van der Waals surface area contributed by atoms with E-state index in [1.807, 2.05) is 32.2 Å². The van der Waals surface area contributed by atoms with Crippen molar-refractivity contribution in [3.63, 3.8) is 0 Å². The number of aryl methyl sites for hydroxylation is 2. The maximum Gasteiger partial charge on any atom is 0.257 e. The summed E-state index contributed by atoms with van der Waals surface area (Å²) in [5, 5.41) is 2.80. The molecule has 2 heterocycles. The number of hydrogen-bond acceptors (Lipinski definition) is 3. The molecule has 0 unspecified atom stereocenters. The van der Waals surface area contributed by atoms with E-state index in [1.165, 1.54) is 6.07 Å². The molecule has 22 heavy (non-hydrogen) atoms. The molecule has 5 heteroatoms. The third-order valence-electron chi connectivity index (χ3n) is 3.94. The summed E-state index contributed by atoms with van der Waals surface area (Å²) in [6.45, 7) is 2.93. The summed E-state index contributed by atoms with van der Waals surface area (Å²) in [6.07, 6.45) is 2.47. The largest absolute Gasteiger partial charge is 0.493 e. The van der Waals surface area contributed by atoms with Crippen LogP contribution >= 0.6 is 0 Å². The van der Waals surface area contributed by atoms with Crippen LogP contribution in [0.1, 0.15) is 27.2 Å². The van der Waals surface area contributed by atoms with Crippen molar-refractivity contribution in [1.29, 1.82) is 0 Å². The van der Waals surface area contributed by atoms with Gasteiger partial charge in [-0.1, -0.05) is 12.1 Å². The number of benzene rings is 1. The van der Waals surface area contributed by atoms with Gasteiger partial charge in [0.05, 0.1) is 6.61 Å². The summed E-state index contributed by atoms with van der Waals surface area (Å²) in [4.78, 5) is 24.1. The Morgan fingerprint density at radius 3 is 3.00 bits per heavy atom. The molecule has 0 saturated carbocycles. The van der Waals surface area contributed by atoms with Gasteiger partial charge in [0.2, 0.25) is 0 Å². The van der Waals surface area contributed by atoms with Crippen molar-refractivity contribution >= 4 is 5.91 Å². The number of hydrogen-bond donors (Lipinski definition) is 1. The number of aromatic nitrogens is 1. The molecule has 1 amide bonds. The lowest BCUT2D eigenvalue weighted by Crippen LogP contribution is -2.29. The van der Waals surface area contributed by atoms with Crippen LogP contribution in [-0.4, -0.2) is 17.1 Å². The Morgan fingerprint density at radius 1 is 1.36 bits per heavy atom. The monoisotopic (exact) mass is 298 g/mol. The van der Waals surface area contributed by atoms with Crippen LogP contribution in [0, 0.1) is 6.92 Å². The van der Waals surface area contributed by atoms with E-state index >= 15 is 0 Å². The first-order valence-corrected chi connectivity index (χ1v) is 7.24. The molecule has 1 aromatic heterocycles. The lowest BCUT2D eigenvalue weighted by molar-refractivity contribution is 0.0949. The van der Waals surface area contributed by atoms with Crippen LogP contribution in [0.15, 0.2) is 35.3 Å². The Bertz CT molecular complexity index is 793. The number of nitrogens with one attached hydrogen (secondary N) is 1. The average Bonchev–Trinajstić information content (AvgIpc) is 2.96. The van der Waals surface area contributed by atoms with Gasteiger partial charge in [-0.25, -0.2) is 0 Å². The molecule has 1 aliphatic rings. The molecule has 0 fully saturated rings. The first-order chi connectivity index (χ1) is 10.5. The first kappa shape index (κ1) is 14.4. The zero-order chi connectivity index (χ0) is 15.7. The van der Waals surface area contributed by atoms with Crippen LogP contribution in [0.3, 0.4) is 0 Å². The molecule has 0 atom stereocenters. The maximum atomic E-state index is 12.2. The number of rotatable bonds is 3. The second-order valence-electron chi connectivity index (χ2n) is 5.53. The van der Waals surface area contributed by atoms with Gasteiger partial charge in [-0.15, -0.1) is 0 Å². The number of ether oxygens (including phenoxy) is 1. The standard InChI is InChI=1S/C17H18N2O3/c1-11-7-15(20)14(10-19(11)2)17(21)18-9-12-3-4-16-13(8-12)5-6-22-16/h3-4,7-8,10H,5-6,9H2,1-2H3,(H,18,21). The Morgan fingerprint density at radius 2 is 2.18 bits per heavy atom. The van der Waals surface area contributed by atoms with E-state index < -0.39 is 0 Å². The molecule has 0 radical (unpaired) electrons. The smallest absolute Gasteiger partial charge is 0.257 e. The van der Waals surface area contributed by atoms with E-state index in [2.05, 4.69) is 5.32 Å². The van der Waals surface area contributed by atoms with E-state index in [1.54, 1.807) is 10.8 Å². The fourth-order valence-electron chi connectivity index (χ4n) is 2.53. The van der Waals surface area contributed by atoms with Gasteiger partial charge in [-0.05, 0) is 24.1 Å². The van der Waals surface area contributed by atoms with Gasteiger partial charge < -0.3 is 14.6 Å². The summed E-state index contributed by atoms with van der Waals surface area (Å²) in [5.74, 6) is 0.569. The summed E-state index contributed by atoms with van der Waals surface area (Å²) in [6, 6.07) is 7.36. The Kier molecular flexibility index (Phi) is 3.71. The molecule has 1 N–H and O–H groups in total. The minimum Gasteiger partial charge on any atom is -0.493 e. The highest BCUT2D eigenvalue weighted by Crippen LogP contribution is 2.25. The van der Waals surface area contributed by atoms with Crippen LogP contribution in [-0.2, 0) is 20.0 Å². The van der Waals surface area contributed by atoms with Crippen LogP contribution in [0.5, 0.6) is 5.75 Å². The molecule has 2 aromatic rings. The van der Waals surface area contributed by atoms with Crippen molar-refractivity contribution in [3.05, 3.63) is 63.1 Å². The molecule has 114 valence electrons. The highest BCUT2D eigenvalue weighted by Gasteiger charge is 2.14. The molecule has 0 bridgehead atoms. The first-order valence-electron chi connectivity index (χ1n) is 7.24. The Hall–Kier alpha value is -2.56. The zero-order valence-electron chi connectivity index (χ0n) is 12.7. The number of carbonyl (C=O) groups excluding carboxylic acids is 1. The van der Waals surface area contributed by atoms with Crippen molar-refractivity contribution in [3.8, 4) is 5.75 Å². The fourth-order valence-corrected chi connectivity index (χ4v) is 2.53. The molecular weight excluding hydrogens is 280 g/mol. The van der Waals surface area contributed by atoms with E-state index in [0.29, 0.717) is 13.2 Å². The SMILES string of the molecule is Cc1cc(=O)c(C(=O)NCc2ccc3c(c2)CCO3)cn1C. The number of carbonyl (C=O) groups is 1. The van der Waals surface area contributed by atoms with E-state index in [-0.39, 0.29) is 16.9 Å². The second-order valence-corrected chi connectivity index (χ2v) is 5.53. The molecule has 3 rings (SSSR count). The van der Waals surface area contributed by atoms with E-state index in [4.69, 9.17) is 4.74 Å². The highest BCUT2D eigenvalue weighted by molar-refractivity contribution is 5.93. The van der Waals surface area contributed by atoms with Crippen LogP contribution < -0.4 is 15.5 Å². The predicted molar refractivity (Wildman–Crippen MR) is 83.2 cm³/mol. The summed E-state index contributed by atoms with van der Waals surface area (Å²) in [7, 11) is 1.81. The predicted octanol–water partition coefficient (Wildman–Crippen LogP) is 1.56. The number of pyridine rings is 1. The van der Waals surface area contributed by atoms with Gasteiger partial charge >= 0.3 is 0 Å². The van der Waals surface area contributed by atoms with Gasteiger partial charge in [0.1, 0.15) is 11.3 Å². The quantitative estimate of drug-likeness (QED) is 0.935. The number of fused-ring (bicyclic) bond motifs is 1. The van der Waals surface area contributed by atoms with Crippen molar-refractivity contribution in [1.82, 2.24) is 9.88 Å². The summed E-state index contributed by atoms with van der Waals surface area (Å²) in [5.41, 5.74) is 2.90. The van der Waals surface area contributed by atoms with Crippen molar-refractivity contribution < 1.29 is 9.53 Å². The zero-order valence-corrected chi connectivity index (χ0v) is 12.7. The van der Waals surface area contributed by atoms with Gasteiger partial charge in [0, 0.05) is 38.0 Å². The summed E-state index contributed by atoms with van der Waals surface area (Å²) < 4.78 is 7.22. The molecule has 5 nitrogen and oxygen atoms in total. The normalized spacial score (nSPS) is 12.6. The minimum absolute atomic E-state index is 0.164. The third kappa shape index (κ3) is 2.74. The Labute approximate surface area is 128 Å². The third-order valence-corrected chi connectivity index (χ3v) is 3.94. The molecule has 0 aliphatic carbocycles. The minimum atomic E-state index is -0.350. The van der Waals surface area contributed by atoms with Crippen molar-refractivity contribution in [2.24, 2.45) is 7.05 Å². The molecular formula is C17H18N2O3. The van der Waals surface area contributed by atoms with Crippen LogP contribution in [0.25, 0.3) is 0 Å². The van der Waals surface area contributed by atoms with Crippen molar-refractivity contribution in [2.75, 3.05) is 6.61 Å².